The highest BCUT2D eigenvalue weighted by atomic mass is 19.1. The lowest BCUT2D eigenvalue weighted by molar-refractivity contribution is -0.120. The summed E-state index contributed by atoms with van der Waals surface area (Å²) in [5, 5.41) is 36.4. The first-order chi connectivity index (χ1) is 61.8. The maximum absolute atomic E-state index is 13.0. The van der Waals surface area contributed by atoms with Crippen molar-refractivity contribution >= 4 is 83.7 Å². The van der Waals surface area contributed by atoms with Gasteiger partial charge in [-0.25, -0.2) is 59.8 Å². The van der Waals surface area contributed by atoms with Crippen LogP contribution in [0.2, 0.25) is 0 Å². The van der Waals surface area contributed by atoms with Gasteiger partial charge in [-0.1, -0.05) is 90.5 Å². The van der Waals surface area contributed by atoms with Gasteiger partial charge >= 0.3 is 0 Å². The van der Waals surface area contributed by atoms with Crippen molar-refractivity contribution in [3.8, 4) is 97.7 Å². The minimum Gasteiger partial charge on any atom is -0.494 e. The van der Waals surface area contributed by atoms with E-state index in [0.29, 0.717) is 29.6 Å². The number of nitrogens with zero attached hydrogens (tertiary/aromatic N) is 13. The summed E-state index contributed by atoms with van der Waals surface area (Å²) in [4.78, 5) is 90.1. The van der Waals surface area contributed by atoms with E-state index < -0.39 is 5.95 Å². The third kappa shape index (κ3) is 21.1. The van der Waals surface area contributed by atoms with Gasteiger partial charge in [0.1, 0.15) is 68.3 Å². The number of hydrogen-bond donors (Lipinski definition) is 11. The molecule has 0 atom stereocenters. The van der Waals surface area contributed by atoms with Crippen LogP contribution in [-0.2, 0) is 31.2 Å². The van der Waals surface area contributed by atoms with E-state index in [4.69, 9.17) is 34.6 Å². The highest BCUT2D eigenvalue weighted by molar-refractivity contribution is 5.87. The first-order valence-corrected chi connectivity index (χ1v) is 40.3. The fourth-order valence-corrected chi connectivity index (χ4v) is 13.6. The molecule has 13 heterocycles. The van der Waals surface area contributed by atoms with Gasteiger partial charge in [0.25, 0.3) is 6.47 Å². The third-order valence-corrected chi connectivity index (χ3v) is 19.9. The summed E-state index contributed by atoms with van der Waals surface area (Å²) < 4.78 is 28.4. The van der Waals surface area contributed by atoms with E-state index in [-0.39, 0.29) is 26.4 Å². The van der Waals surface area contributed by atoms with Gasteiger partial charge in [0.15, 0.2) is 34.9 Å². The summed E-state index contributed by atoms with van der Waals surface area (Å²) in [6.07, 6.45) is 1.75. The molecule has 0 saturated heterocycles. The number of ether oxygens (including phenoxy) is 3. The van der Waals surface area contributed by atoms with Crippen LogP contribution in [0, 0.1) is 47.5 Å². The van der Waals surface area contributed by atoms with Gasteiger partial charge in [-0.15, -0.1) is 0 Å². The lowest BCUT2D eigenvalue weighted by atomic mass is 10.1. The first-order valence-electron chi connectivity index (χ1n) is 40.3. The van der Waals surface area contributed by atoms with Gasteiger partial charge in [-0.3, -0.25) is 9.78 Å². The molecule has 0 amide bonds. The largest absolute Gasteiger partial charge is 0.494 e. The predicted octanol–water partition coefficient (Wildman–Crippen LogP) is 18.5. The Bertz CT molecular complexity index is 6800. The second-order valence-corrected chi connectivity index (χ2v) is 29.3. The summed E-state index contributed by atoms with van der Waals surface area (Å²) >= 11 is 0. The Morgan fingerprint density at radius 2 is 0.638 bits per heavy atom. The Kier molecular flexibility index (Phi) is 26.8. The third-order valence-electron chi connectivity index (χ3n) is 19.9. The molecule has 0 unspecified atom stereocenters. The number of imidazole rings is 7. The summed E-state index contributed by atoms with van der Waals surface area (Å²) in [6, 6.07) is 79.5. The molecule has 0 saturated carbocycles. The van der Waals surface area contributed by atoms with Gasteiger partial charge in [0.2, 0.25) is 5.95 Å². The second kappa shape index (κ2) is 39.8. The van der Waals surface area contributed by atoms with Crippen LogP contribution in [0.25, 0.3) is 158 Å². The molecule has 28 nitrogen and oxygen atoms in total. The number of fused-ring (bicyclic) bond motifs is 7. The van der Waals surface area contributed by atoms with E-state index in [1.165, 1.54) is 11.6 Å². The van der Waals surface area contributed by atoms with Gasteiger partial charge < -0.3 is 69.5 Å². The number of carbonyl (C=O) groups is 1. The molecule has 127 heavy (non-hydrogen) atoms. The highest BCUT2D eigenvalue weighted by Crippen LogP contribution is 2.32. The maximum Gasteiger partial charge on any atom is 0.298 e. The number of halogens is 1. The number of benzene rings is 8. The molecule has 21 aromatic rings. The first kappa shape index (κ1) is 85.8. The smallest absolute Gasteiger partial charge is 0.298 e. The minimum absolute atomic E-state index is 0.0253. The summed E-state index contributed by atoms with van der Waals surface area (Å²) in [6.45, 7) is 12.4. The Morgan fingerprint density at radius 3 is 1.01 bits per heavy atom. The summed E-state index contributed by atoms with van der Waals surface area (Å²) in [5.74, 6) is 6.58. The van der Waals surface area contributed by atoms with Crippen molar-refractivity contribution in [3.63, 3.8) is 0 Å². The monoisotopic (exact) mass is 1690 g/mol. The Balaban J connectivity index is 0.000000114. The predicted molar refractivity (Wildman–Crippen MR) is 489 cm³/mol. The molecular formula is C98H87FN20O8. The quantitative estimate of drug-likeness (QED) is 0.0335. The SMILES string of the molecule is COc1cccc2[nH]c(-c3cccc(C)n3)nc12.COc1cccc2[nH]c(-c3cccc(C)n3)nc12.Cc1cccc(-c2nc3ccc(CO)cc3[nH]2)c1.Cc1cccc(-c2nc3ccc(CO)cc3[nH]2)n1.Cc1cccc(-c2nc3ccc(CO)cc3[nH]2)n1.Cc1ccnc(-c2nc3ccc(OC=O)cc3[nH]2)c1.OCc1ccc2nc(-c3cccc(F)n3)[nH]c2c1. The number of pyridine rings is 6. The molecule has 0 fully saturated rings. The molecule has 0 spiro atoms. The Hall–Kier alpha value is -16.2. The van der Waals surface area contributed by atoms with Crippen LogP contribution in [0.4, 0.5) is 4.39 Å². The number of aliphatic hydroxyl groups excluding tert-OH is 4. The second-order valence-electron chi connectivity index (χ2n) is 29.3. The van der Waals surface area contributed by atoms with Crippen molar-refractivity contribution in [2.45, 2.75) is 68.0 Å². The molecule has 29 heteroatoms. The number of aryl methyl sites for hydroxylation is 6. The van der Waals surface area contributed by atoms with Crippen LogP contribution in [0.3, 0.4) is 0 Å². The van der Waals surface area contributed by atoms with Crippen LogP contribution in [0.15, 0.2) is 261 Å². The molecule has 0 radical (unpaired) electrons. The van der Waals surface area contributed by atoms with E-state index in [2.05, 4.69) is 119 Å². The number of aliphatic hydroxyl groups is 4. The number of aromatic amines is 7. The van der Waals surface area contributed by atoms with Crippen molar-refractivity contribution in [1.29, 1.82) is 0 Å². The number of rotatable bonds is 15. The number of para-hydroxylation sites is 2. The molecule has 21 rings (SSSR count). The number of nitrogens with one attached hydrogen (secondary N) is 7. The number of methoxy groups -OCH3 is 2. The van der Waals surface area contributed by atoms with Crippen molar-refractivity contribution in [2.24, 2.45) is 0 Å². The van der Waals surface area contributed by atoms with Gasteiger partial charge in [0, 0.05) is 40.6 Å². The van der Waals surface area contributed by atoms with Gasteiger partial charge in [-0.05, 0) is 233 Å². The van der Waals surface area contributed by atoms with E-state index in [9.17, 15) is 9.18 Å². The molecule has 13 aromatic heterocycles. The molecule has 634 valence electrons. The standard InChI is InChI=1S/C15H14N2O.C14H11N3O2.4C14H13N3O.C13H10FN3O/c1-10-3-2-4-12(7-10)15-16-13-6-5-11(9-18)8-14(13)17-15;1-9-4-5-15-13(6-9)14-16-11-3-2-10(19-8-18)7-12(11)17-14;2*1-9-5-3-7-11(15-9)14-16-10-6-4-8-12(18-2)13(10)17-14;2*1-9-3-2-4-12(15-9)14-16-11-6-5-10(8-18)7-13(11)17-14;14-12-3-1-2-10(15-12)13-16-9-5-4-8(7-18)6-11(9)17-13/h2-8,18H,9H2,1H3,(H,16,17);2-8H,1H3,(H,16,17);2*3-8H,1-2H3,(H,16,17);2*2-7,18H,8H2,1H3,(H,16,17);1-6,18H,7H2,(H,16,17). The Labute approximate surface area is 726 Å². The van der Waals surface area contributed by atoms with Crippen molar-refractivity contribution in [3.05, 3.63) is 323 Å². The summed E-state index contributed by atoms with van der Waals surface area (Å²) in [5.41, 5.74) is 27.5. The molecule has 0 aliphatic carbocycles. The van der Waals surface area contributed by atoms with E-state index in [1.54, 1.807) is 62.9 Å². The average molecular weight is 1690 g/mol. The molecule has 8 aromatic carbocycles. The molecule has 0 aliphatic rings. The average Bonchev–Trinajstić information content (AvgIpc) is 1.66. The fraction of sp³-hybridized carbons (Fsp3) is 0.122. The van der Waals surface area contributed by atoms with Crippen molar-refractivity contribution in [1.82, 2.24) is 99.7 Å². The molecule has 0 bridgehead atoms. The number of aromatic nitrogens is 20. The lowest BCUT2D eigenvalue weighted by Gasteiger charge is -1.98. The van der Waals surface area contributed by atoms with Crippen LogP contribution in [-0.4, -0.2) is 141 Å². The highest BCUT2D eigenvalue weighted by Gasteiger charge is 2.17. The summed E-state index contributed by atoms with van der Waals surface area (Å²) in [7, 11) is 3.29. The van der Waals surface area contributed by atoms with Gasteiger partial charge in [-0.2, -0.15) is 4.39 Å². The normalized spacial score (nSPS) is 10.9. The van der Waals surface area contributed by atoms with Crippen molar-refractivity contribution in [2.75, 3.05) is 14.2 Å². The number of H-pyrrole nitrogens is 7. The number of carbonyl (C=O) groups excluding carboxylic acids is 1. The lowest BCUT2D eigenvalue weighted by Crippen LogP contribution is -1.88. The van der Waals surface area contributed by atoms with Crippen LogP contribution in [0.1, 0.15) is 56.2 Å². The van der Waals surface area contributed by atoms with Crippen LogP contribution in [0.5, 0.6) is 17.2 Å². The Morgan fingerprint density at radius 1 is 0.307 bits per heavy atom. The van der Waals surface area contributed by atoms with E-state index >= 15 is 0 Å². The zero-order valence-electron chi connectivity index (χ0n) is 70.3. The maximum atomic E-state index is 13.0. The minimum atomic E-state index is -0.538. The molecular weight excluding hydrogens is 1600 g/mol. The molecule has 0 aliphatic heterocycles. The molecule has 11 N–H and O–H groups in total. The van der Waals surface area contributed by atoms with Gasteiger partial charge in [0.05, 0.1) is 107 Å². The van der Waals surface area contributed by atoms with E-state index in [0.717, 1.165) is 202 Å². The fourth-order valence-electron chi connectivity index (χ4n) is 13.6. The van der Waals surface area contributed by atoms with E-state index in [1.807, 2.05) is 229 Å². The zero-order valence-corrected chi connectivity index (χ0v) is 70.3. The number of hydrogen-bond acceptors (Lipinski definition) is 21. The zero-order chi connectivity index (χ0) is 88.5. The van der Waals surface area contributed by atoms with Crippen LogP contribution >= 0.6 is 0 Å². The topological polar surface area (TPSA) is 404 Å². The van der Waals surface area contributed by atoms with Crippen LogP contribution < -0.4 is 14.2 Å². The van der Waals surface area contributed by atoms with Crippen molar-refractivity contribution < 1.29 is 43.8 Å².